The molecule has 1 aliphatic rings. The minimum atomic E-state index is -1.13. The van der Waals surface area contributed by atoms with E-state index in [9.17, 15) is 4.79 Å². The molecule has 0 saturated carbocycles. The summed E-state index contributed by atoms with van der Waals surface area (Å²) >= 11 is 5.78. The van der Waals surface area contributed by atoms with Crippen LogP contribution in [0.1, 0.15) is 24.2 Å². The van der Waals surface area contributed by atoms with Crippen molar-refractivity contribution in [2.45, 2.75) is 19.6 Å². The summed E-state index contributed by atoms with van der Waals surface area (Å²) in [5.41, 5.74) is -0.0558. The zero-order chi connectivity index (χ0) is 11.2. The van der Waals surface area contributed by atoms with Gasteiger partial charge in [0.15, 0.2) is 11.5 Å². The topological polar surface area (TPSA) is 55.8 Å². The summed E-state index contributed by atoms with van der Waals surface area (Å²) in [6.07, 6.45) is 0. The summed E-state index contributed by atoms with van der Waals surface area (Å²) in [4.78, 5) is 11.0. The first-order chi connectivity index (χ1) is 6.91. The first-order valence-corrected chi connectivity index (χ1v) is 4.72. The van der Waals surface area contributed by atoms with Gasteiger partial charge >= 0.3 is 5.97 Å². The number of fused-ring (bicyclic) bond motifs is 1. The minimum absolute atomic E-state index is 0.0558. The number of aromatic carboxylic acids is 1. The number of rotatable bonds is 1. The van der Waals surface area contributed by atoms with E-state index in [1.54, 1.807) is 19.9 Å². The highest BCUT2D eigenvalue weighted by Gasteiger charge is 2.36. The van der Waals surface area contributed by atoms with Crippen molar-refractivity contribution in [2.75, 3.05) is 0 Å². The quantitative estimate of drug-likeness (QED) is 0.803. The van der Waals surface area contributed by atoms with Crippen LogP contribution in [0.15, 0.2) is 12.1 Å². The Kier molecular flexibility index (Phi) is 2.04. The van der Waals surface area contributed by atoms with E-state index in [1.807, 2.05) is 0 Å². The Morgan fingerprint density at radius 1 is 1.40 bits per heavy atom. The van der Waals surface area contributed by atoms with Crippen LogP contribution >= 0.6 is 11.6 Å². The van der Waals surface area contributed by atoms with E-state index >= 15 is 0 Å². The zero-order valence-corrected chi connectivity index (χ0v) is 8.96. The van der Waals surface area contributed by atoms with Crippen LogP contribution in [-0.4, -0.2) is 16.9 Å². The second-order valence-corrected chi connectivity index (χ2v) is 4.07. The molecule has 5 heteroatoms. The second kappa shape index (κ2) is 3.03. The third kappa shape index (κ3) is 1.61. The summed E-state index contributed by atoms with van der Waals surface area (Å²) in [6, 6.07) is 3.08. The van der Waals surface area contributed by atoms with E-state index in [2.05, 4.69) is 0 Å². The number of carboxylic acid groups (broad SMARTS) is 1. The number of halogens is 1. The maximum absolute atomic E-state index is 11.0. The molecule has 1 aliphatic heterocycles. The van der Waals surface area contributed by atoms with Gasteiger partial charge in [-0.25, -0.2) is 4.79 Å². The molecule has 80 valence electrons. The van der Waals surface area contributed by atoms with E-state index < -0.39 is 11.8 Å². The van der Waals surface area contributed by atoms with Crippen LogP contribution in [0, 0.1) is 0 Å². The zero-order valence-electron chi connectivity index (χ0n) is 8.20. The first-order valence-electron chi connectivity index (χ1n) is 4.34. The van der Waals surface area contributed by atoms with Crippen molar-refractivity contribution in [1.82, 2.24) is 0 Å². The Morgan fingerprint density at radius 3 is 2.67 bits per heavy atom. The summed E-state index contributed by atoms with van der Waals surface area (Å²) in [5, 5.41) is 9.12. The fourth-order valence-corrected chi connectivity index (χ4v) is 1.68. The summed E-state index contributed by atoms with van der Waals surface area (Å²) in [7, 11) is 0. The minimum Gasteiger partial charge on any atom is -0.477 e. The smallest absolute Gasteiger partial charge is 0.341 e. The van der Waals surface area contributed by atoms with Crippen LogP contribution in [0.4, 0.5) is 0 Å². The van der Waals surface area contributed by atoms with Gasteiger partial charge in [-0.15, -0.1) is 0 Å². The highest BCUT2D eigenvalue weighted by molar-refractivity contribution is 6.34. The Morgan fingerprint density at radius 2 is 2.07 bits per heavy atom. The average Bonchev–Trinajstić information content (AvgIpc) is 2.37. The van der Waals surface area contributed by atoms with Crippen LogP contribution in [0.2, 0.25) is 5.02 Å². The van der Waals surface area contributed by atoms with E-state index in [-0.39, 0.29) is 16.3 Å². The lowest BCUT2D eigenvalue weighted by molar-refractivity contribution is -0.0434. The molecule has 0 bridgehead atoms. The van der Waals surface area contributed by atoms with Crippen molar-refractivity contribution in [2.24, 2.45) is 0 Å². The fourth-order valence-electron chi connectivity index (χ4n) is 1.45. The van der Waals surface area contributed by atoms with Gasteiger partial charge in [0, 0.05) is 13.8 Å². The molecular formula is C10H9ClO4. The maximum Gasteiger partial charge on any atom is 0.341 e. The SMILES string of the molecule is CC1(C)Oc2ccc(Cl)c(C(=O)O)c2O1. The molecule has 0 unspecified atom stereocenters. The average molecular weight is 229 g/mol. The standard InChI is InChI=1S/C10H9ClO4/c1-10(2)14-6-4-3-5(11)7(9(12)13)8(6)15-10/h3-4H,1-2H3,(H,12,13). The van der Waals surface area contributed by atoms with Crippen LogP contribution in [-0.2, 0) is 0 Å². The van der Waals surface area contributed by atoms with Gasteiger partial charge in [-0.3, -0.25) is 0 Å². The molecule has 15 heavy (non-hydrogen) atoms. The molecule has 1 N–H and O–H groups in total. The Bertz CT molecular complexity index is 439. The third-order valence-electron chi connectivity index (χ3n) is 1.99. The fraction of sp³-hybridized carbons (Fsp3) is 0.300. The van der Waals surface area contributed by atoms with Crippen molar-refractivity contribution in [3.63, 3.8) is 0 Å². The highest BCUT2D eigenvalue weighted by atomic mass is 35.5. The van der Waals surface area contributed by atoms with E-state index in [4.69, 9.17) is 26.2 Å². The molecule has 1 heterocycles. The molecule has 1 aromatic rings. The number of hydrogen-bond acceptors (Lipinski definition) is 3. The van der Waals surface area contributed by atoms with Crippen molar-refractivity contribution >= 4 is 17.6 Å². The number of benzene rings is 1. The largest absolute Gasteiger partial charge is 0.477 e. The van der Waals surface area contributed by atoms with Crippen molar-refractivity contribution in [3.8, 4) is 11.5 Å². The number of carboxylic acids is 1. The predicted octanol–water partition coefficient (Wildman–Crippen LogP) is 2.55. The summed E-state index contributed by atoms with van der Waals surface area (Å²) in [6.45, 7) is 3.40. The molecule has 0 radical (unpaired) electrons. The van der Waals surface area contributed by atoms with Crippen LogP contribution in [0.3, 0.4) is 0 Å². The van der Waals surface area contributed by atoms with Gasteiger partial charge in [-0.05, 0) is 12.1 Å². The normalized spacial score (nSPS) is 16.5. The van der Waals surface area contributed by atoms with Crippen molar-refractivity contribution in [3.05, 3.63) is 22.7 Å². The third-order valence-corrected chi connectivity index (χ3v) is 2.30. The van der Waals surface area contributed by atoms with Gasteiger partial charge < -0.3 is 14.6 Å². The molecule has 4 nitrogen and oxygen atoms in total. The molecule has 0 spiro atoms. The molecular weight excluding hydrogens is 220 g/mol. The lowest BCUT2D eigenvalue weighted by Crippen LogP contribution is -2.30. The summed E-state index contributed by atoms with van der Waals surface area (Å²) in [5.74, 6) is -1.38. The van der Waals surface area contributed by atoms with Crippen molar-refractivity contribution < 1.29 is 19.4 Å². The number of hydrogen-bond donors (Lipinski definition) is 1. The van der Waals surface area contributed by atoms with Gasteiger partial charge in [0.1, 0.15) is 5.56 Å². The Balaban J connectivity index is 2.60. The van der Waals surface area contributed by atoms with Gasteiger partial charge in [-0.1, -0.05) is 11.6 Å². The molecule has 0 aliphatic carbocycles. The van der Waals surface area contributed by atoms with Crippen LogP contribution in [0.25, 0.3) is 0 Å². The number of ether oxygens (including phenoxy) is 2. The second-order valence-electron chi connectivity index (χ2n) is 3.66. The monoisotopic (exact) mass is 228 g/mol. The van der Waals surface area contributed by atoms with E-state index in [0.717, 1.165) is 0 Å². The molecule has 0 atom stereocenters. The molecule has 0 fully saturated rings. The van der Waals surface area contributed by atoms with Gasteiger partial charge in [0.2, 0.25) is 5.79 Å². The molecule has 1 aromatic carbocycles. The molecule has 0 amide bonds. The van der Waals surface area contributed by atoms with Crippen molar-refractivity contribution in [1.29, 1.82) is 0 Å². The number of carbonyl (C=O) groups is 1. The molecule has 0 saturated heterocycles. The van der Waals surface area contributed by atoms with Crippen LogP contribution < -0.4 is 9.47 Å². The first kappa shape index (κ1) is 10.1. The van der Waals surface area contributed by atoms with E-state index in [0.29, 0.717) is 5.75 Å². The highest BCUT2D eigenvalue weighted by Crippen LogP contribution is 2.44. The summed E-state index contributed by atoms with van der Waals surface area (Å²) < 4.78 is 10.8. The van der Waals surface area contributed by atoms with Crippen LogP contribution in [0.5, 0.6) is 11.5 Å². The van der Waals surface area contributed by atoms with Gasteiger partial charge in [0.05, 0.1) is 5.02 Å². The Labute approximate surface area is 91.4 Å². The van der Waals surface area contributed by atoms with Gasteiger partial charge in [-0.2, -0.15) is 0 Å². The van der Waals surface area contributed by atoms with Gasteiger partial charge in [0.25, 0.3) is 0 Å². The predicted molar refractivity (Wildman–Crippen MR) is 53.7 cm³/mol. The lowest BCUT2D eigenvalue weighted by Gasteiger charge is -2.16. The maximum atomic E-state index is 11.0. The van der Waals surface area contributed by atoms with E-state index in [1.165, 1.54) is 6.07 Å². The lowest BCUT2D eigenvalue weighted by atomic mass is 10.2. The molecule has 2 rings (SSSR count). The Hall–Kier alpha value is -1.42. The molecule has 0 aromatic heterocycles.